The molecule has 4 heteroatoms. The Bertz CT molecular complexity index is 290. The summed E-state index contributed by atoms with van der Waals surface area (Å²) in [6.07, 6.45) is 6.96. The third-order valence-electron chi connectivity index (χ3n) is 4.20. The highest BCUT2D eigenvalue weighted by Crippen LogP contribution is 2.21. The van der Waals surface area contributed by atoms with Crippen molar-refractivity contribution >= 4 is 5.91 Å². The molecule has 0 aromatic rings. The number of likely N-dealkylation sites (tertiary alicyclic amines) is 1. The molecule has 3 aliphatic rings. The Balaban J connectivity index is 1.40. The first-order chi connectivity index (χ1) is 8.29. The fourth-order valence-electron chi connectivity index (χ4n) is 3.01. The Kier molecular flexibility index (Phi) is 3.34. The van der Waals surface area contributed by atoms with Crippen molar-refractivity contribution in [1.82, 2.24) is 15.5 Å². The summed E-state index contributed by atoms with van der Waals surface area (Å²) in [7, 11) is 0. The van der Waals surface area contributed by atoms with Gasteiger partial charge in [0.15, 0.2) is 0 Å². The standard InChI is InChI=1S/C13H23N3O/c17-13(15-10-1-2-10)6-8-16-7-5-11-3-4-12(9-16)14-11/h10-12,14H,1-9H2,(H,15,17). The molecule has 2 N–H and O–H groups in total. The minimum atomic E-state index is 0.245. The van der Waals surface area contributed by atoms with Gasteiger partial charge in [0.25, 0.3) is 0 Å². The van der Waals surface area contributed by atoms with Crippen LogP contribution in [-0.4, -0.2) is 48.6 Å². The second-order valence-electron chi connectivity index (χ2n) is 5.82. The molecular formula is C13H23N3O. The van der Waals surface area contributed by atoms with Crippen molar-refractivity contribution < 1.29 is 4.79 Å². The highest BCUT2D eigenvalue weighted by atomic mass is 16.1. The van der Waals surface area contributed by atoms with Crippen LogP contribution in [0.3, 0.4) is 0 Å². The molecule has 0 radical (unpaired) electrons. The van der Waals surface area contributed by atoms with Crippen LogP contribution in [0.5, 0.6) is 0 Å². The second-order valence-corrected chi connectivity index (χ2v) is 5.82. The number of carbonyl (C=O) groups excluding carboxylic acids is 1. The van der Waals surface area contributed by atoms with E-state index in [0.717, 1.165) is 25.7 Å². The van der Waals surface area contributed by atoms with E-state index >= 15 is 0 Å². The Morgan fingerprint density at radius 3 is 2.82 bits per heavy atom. The van der Waals surface area contributed by atoms with E-state index in [4.69, 9.17) is 0 Å². The third kappa shape index (κ3) is 3.19. The Morgan fingerprint density at radius 1 is 1.18 bits per heavy atom. The molecule has 0 aromatic heterocycles. The van der Waals surface area contributed by atoms with Gasteiger partial charge in [-0.1, -0.05) is 0 Å². The lowest BCUT2D eigenvalue weighted by Crippen LogP contribution is -2.37. The first-order valence-electron chi connectivity index (χ1n) is 7.07. The molecule has 2 aliphatic heterocycles. The molecule has 2 unspecified atom stereocenters. The maximum Gasteiger partial charge on any atom is 0.221 e. The van der Waals surface area contributed by atoms with Gasteiger partial charge in [-0.3, -0.25) is 4.79 Å². The van der Waals surface area contributed by atoms with Gasteiger partial charge in [0.2, 0.25) is 5.91 Å². The summed E-state index contributed by atoms with van der Waals surface area (Å²) >= 11 is 0. The summed E-state index contributed by atoms with van der Waals surface area (Å²) in [6.45, 7) is 3.22. The van der Waals surface area contributed by atoms with Crippen LogP contribution < -0.4 is 10.6 Å². The average Bonchev–Trinajstić information content (AvgIpc) is 3.01. The predicted octanol–water partition coefficient (Wildman–Crippen LogP) is 0.481. The van der Waals surface area contributed by atoms with Gasteiger partial charge in [-0.25, -0.2) is 0 Å². The molecule has 0 aromatic carbocycles. The highest BCUT2D eigenvalue weighted by molar-refractivity contribution is 5.76. The van der Waals surface area contributed by atoms with Crippen molar-refractivity contribution in [3.63, 3.8) is 0 Å². The van der Waals surface area contributed by atoms with Crippen LogP contribution in [0.1, 0.15) is 38.5 Å². The molecular weight excluding hydrogens is 214 g/mol. The van der Waals surface area contributed by atoms with E-state index in [0.29, 0.717) is 18.5 Å². The number of carbonyl (C=O) groups is 1. The Hall–Kier alpha value is -0.610. The zero-order chi connectivity index (χ0) is 11.7. The SMILES string of the molecule is O=C(CCN1CCC2CCC(C1)N2)NC1CC1. The zero-order valence-corrected chi connectivity index (χ0v) is 10.5. The van der Waals surface area contributed by atoms with Gasteiger partial charge >= 0.3 is 0 Å². The van der Waals surface area contributed by atoms with Crippen molar-refractivity contribution in [2.75, 3.05) is 19.6 Å². The number of rotatable bonds is 4. The van der Waals surface area contributed by atoms with Crippen molar-refractivity contribution in [2.24, 2.45) is 0 Å². The maximum absolute atomic E-state index is 11.6. The van der Waals surface area contributed by atoms with Crippen molar-refractivity contribution in [1.29, 1.82) is 0 Å². The van der Waals surface area contributed by atoms with Gasteiger partial charge < -0.3 is 15.5 Å². The molecule has 2 bridgehead atoms. The molecule has 3 fully saturated rings. The summed E-state index contributed by atoms with van der Waals surface area (Å²) in [6, 6.07) is 1.92. The normalized spacial score (nSPS) is 33.4. The van der Waals surface area contributed by atoms with Crippen molar-refractivity contribution in [2.45, 2.75) is 56.7 Å². The molecule has 1 saturated carbocycles. The Morgan fingerprint density at radius 2 is 2.00 bits per heavy atom. The van der Waals surface area contributed by atoms with Crippen LogP contribution in [0.2, 0.25) is 0 Å². The maximum atomic E-state index is 11.6. The van der Waals surface area contributed by atoms with E-state index in [2.05, 4.69) is 15.5 Å². The monoisotopic (exact) mass is 237 g/mol. The molecule has 96 valence electrons. The van der Waals surface area contributed by atoms with Gasteiger partial charge in [0.1, 0.15) is 0 Å². The summed E-state index contributed by atoms with van der Waals surface area (Å²) in [5.41, 5.74) is 0. The predicted molar refractivity (Wildman–Crippen MR) is 66.8 cm³/mol. The molecule has 3 rings (SSSR count). The van der Waals surface area contributed by atoms with Crippen LogP contribution in [0, 0.1) is 0 Å². The average molecular weight is 237 g/mol. The first kappa shape index (κ1) is 11.5. The smallest absolute Gasteiger partial charge is 0.221 e. The Labute approximate surface area is 103 Å². The molecule has 2 saturated heterocycles. The molecule has 17 heavy (non-hydrogen) atoms. The summed E-state index contributed by atoms with van der Waals surface area (Å²) in [4.78, 5) is 14.1. The van der Waals surface area contributed by atoms with Gasteiger partial charge in [0.05, 0.1) is 0 Å². The largest absolute Gasteiger partial charge is 0.353 e. The number of hydrogen-bond acceptors (Lipinski definition) is 3. The number of hydrogen-bond donors (Lipinski definition) is 2. The van der Waals surface area contributed by atoms with Crippen LogP contribution in [0.25, 0.3) is 0 Å². The number of fused-ring (bicyclic) bond motifs is 2. The number of amides is 1. The summed E-state index contributed by atoms with van der Waals surface area (Å²) in [5, 5.41) is 6.73. The fourth-order valence-corrected chi connectivity index (χ4v) is 3.01. The lowest BCUT2D eigenvalue weighted by atomic mass is 10.1. The van der Waals surface area contributed by atoms with Gasteiger partial charge in [0, 0.05) is 37.6 Å². The van der Waals surface area contributed by atoms with Crippen LogP contribution in [-0.2, 0) is 4.79 Å². The zero-order valence-electron chi connectivity index (χ0n) is 10.5. The van der Waals surface area contributed by atoms with E-state index in [9.17, 15) is 4.79 Å². The highest BCUT2D eigenvalue weighted by Gasteiger charge is 2.29. The molecule has 0 spiro atoms. The van der Waals surface area contributed by atoms with E-state index in [-0.39, 0.29) is 5.91 Å². The van der Waals surface area contributed by atoms with Crippen molar-refractivity contribution in [3.05, 3.63) is 0 Å². The fraction of sp³-hybridized carbons (Fsp3) is 0.923. The number of nitrogens with one attached hydrogen (secondary N) is 2. The van der Waals surface area contributed by atoms with Crippen molar-refractivity contribution in [3.8, 4) is 0 Å². The first-order valence-corrected chi connectivity index (χ1v) is 7.07. The molecule has 2 atom stereocenters. The van der Waals surface area contributed by atoms with E-state index in [1.807, 2.05) is 0 Å². The minimum absolute atomic E-state index is 0.245. The summed E-state index contributed by atoms with van der Waals surface area (Å²) < 4.78 is 0. The molecule has 1 amide bonds. The molecule has 4 nitrogen and oxygen atoms in total. The van der Waals surface area contributed by atoms with E-state index < -0.39 is 0 Å². The minimum Gasteiger partial charge on any atom is -0.353 e. The van der Waals surface area contributed by atoms with Crippen LogP contribution in [0.15, 0.2) is 0 Å². The lowest BCUT2D eigenvalue weighted by molar-refractivity contribution is -0.121. The molecule has 2 heterocycles. The van der Waals surface area contributed by atoms with Gasteiger partial charge in [-0.15, -0.1) is 0 Å². The van der Waals surface area contributed by atoms with Gasteiger partial charge in [-0.05, 0) is 38.6 Å². The van der Waals surface area contributed by atoms with Gasteiger partial charge in [-0.2, -0.15) is 0 Å². The van der Waals surface area contributed by atoms with E-state index in [1.54, 1.807) is 0 Å². The second kappa shape index (κ2) is 4.94. The number of nitrogens with zero attached hydrogens (tertiary/aromatic N) is 1. The molecule has 1 aliphatic carbocycles. The van der Waals surface area contributed by atoms with Crippen LogP contribution >= 0.6 is 0 Å². The van der Waals surface area contributed by atoms with E-state index in [1.165, 1.54) is 32.1 Å². The quantitative estimate of drug-likeness (QED) is 0.747. The van der Waals surface area contributed by atoms with Crippen LogP contribution in [0.4, 0.5) is 0 Å². The topological polar surface area (TPSA) is 44.4 Å². The lowest BCUT2D eigenvalue weighted by Gasteiger charge is -2.23. The third-order valence-corrected chi connectivity index (χ3v) is 4.20. The summed E-state index contributed by atoms with van der Waals surface area (Å²) in [5.74, 6) is 0.245.